The van der Waals surface area contributed by atoms with E-state index < -0.39 is 0 Å². The highest BCUT2D eigenvalue weighted by molar-refractivity contribution is 7.99. The number of nitrogens with one attached hydrogen (secondary N) is 1. The van der Waals surface area contributed by atoms with E-state index in [9.17, 15) is 0 Å². The number of thioether (sulfide) groups is 1. The van der Waals surface area contributed by atoms with E-state index in [0.29, 0.717) is 17.1 Å². The average molecular weight is 272 g/mol. The fraction of sp³-hybridized carbons (Fsp3) is 0.667. The smallest absolute Gasteiger partial charge is 0.135 e. The van der Waals surface area contributed by atoms with Gasteiger partial charge in [0, 0.05) is 18.0 Å². The van der Waals surface area contributed by atoms with Gasteiger partial charge in [-0.25, -0.2) is 9.97 Å². The number of rotatable bonds is 3. The maximum absolute atomic E-state index is 6.02. The van der Waals surface area contributed by atoms with E-state index in [4.69, 9.17) is 11.6 Å². The van der Waals surface area contributed by atoms with Gasteiger partial charge in [0.15, 0.2) is 0 Å². The van der Waals surface area contributed by atoms with Gasteiger partial charge in [0.2, 0.25) is 0 Å². The Bertz CT molecular complexity index is 378. The lowest BCUT2D eigenvalue weighted by atomic mass is 10.1. The summed E-state index contributed by atoms with van der Waals surface area (Å²) in [5, 5.41) is 3.99. The van der Waals surface area contributed by atoms with E-state index in [1.165, 1.54) is 24.3 Å². The standard InChI is InChI=1S/C12H18ClN3S/c1-8(2)12-15-10(13)7-11(16-12)14-9-3-5-17-6-4-9/h7-9H,3-6H2,1-2H3,(H,14,15,16). The summed E-state index contributed by atoms with van der Waals surface area (Å²) in [5.74, 6) is 4.44. The summed E-state index contributed by atoms with van der Waals surface area (Å²) in [4.78, 5) is 8.75. The average Bonchev–Trinajstić information content (AvgIpc) is 2.29. The third kappa shape index (κ3) is 3.75. The molecule has 1 saturated heterocycles. The van der Waals surface area contributed by atoms with Crippen LogP contribution < -0.4 is 5.32 Å². The number of hydrogen-bond acceptors (Lipinski definition) is 4. The van der Waals surface area contributed by atoms with Crippen molar-refractivity contribution in [3.8, 4) is 0 Å². The van der Waals surface area contributed by atoms with E-state index in [1.807, 2.05) is 17.8 Å². The Hall–Kier alpha value is -0.480. The Morgan fingerprint density at radius 1 is 1.35 bits per heavy atom. The van der Waals surface area contributed by atoms with Crippen molar-refractivity contribution in [3.05, 3.63) is 17.0 Å². The van der Waals surface area contributed by atoms with Crippen LogP contribution in [0.3, 0.4) is 0 Å². The summed E-state index contributed by atoms with van der Waals surface area (Å²) >= 11 is 8.04. The van der Waals surface area contributed by atoms with Gasteiger partial charge in [-0.15, -0.1) is 0 Å². The zero-order valence-corrected chi connectivity index (χ0v) is 11.8. The summed E-state index contributed by atoms with van der Waals surface area (Å²) < 4.78 is 0. The van der Waals surface area contributed by atoms with Crippen molar-refractivity contribution < 1.29 is 0 Å². The predicted molar refractivity (Wildman–Crippen MR) is 75.1 cm³/mol. The highest BCUT2D eigenvalue weighted by Gasteiger charge is 2.15. The lowest BCUT2D eigenvalue weighted by Crippen LogP contribution is -2.25. The van der Waals surface area contributed by atoms with Gasteiger partial charge in [-0.2, -0.15) is 11.8 Å². The second-order valence-corrected chi connectivity index (χ2v) is 6.23. The van der Waals surface area contributed by atoms with Crippen LogP contribution in [0.5, 0.6) is 0 Å². The first kappa shape index (κ1) is 13.0. The monoisotopic (exact) mass is 271 g/mol. The van der Waals surface area contributed by atoms with E-state index in [2.05, 4.69) is 29.1 Å². The first-order chi connectivity index (χ1) is 8.15. The predicted octanol–water partition coefficient (Wildman–Crippen LogP) is 3.56. The minimum absolute atomic E-state index is 0.302. The fourth-order valence-corrected chi connectivity index (χ4v) is 3.11. The van der Waals surface area contributed by atoms with Crippen molar-refractivity contribution in [3.63, 3.8) is 0 Å². The van der Waals surface area contributed by atoms with Gasteiger partial charge >= 0.3 is 0 Å². The Kier molecular flexibility index (Phi) is 4.51. The highest BCUT2D eigenvalue weighted by atomic mass is 35.5. The van der Waals surface area contributed by atoms with Gasteiger partial charge in [-0.05, 0) is 24.3 Å². The number of nitrogens with zero attached hydrogens (tertiary/aromatic N) is 2. The molecule has 0 aliphatic carbocycles. The van der Waals surface area contributed by atoms with Crippen molar-refractivity contribution in [1.82, 2.24) is 9.97 Å². The molecule has 0 bridgehead atoms. The molecule has 0 aromatic carbocycles. The molecule has 0 saturated carbocycles. The molecule has 2 heterocycles. The SMILES string of the molecule is CC(C)c1nc(Cl)cc(NC2CCSCC2)n1. The number of halogens is 1. The lowest BCUT2D eigenvalue weighted by molar-refractivity contribution is 0.660. The molecule has 0 spiro atoms. The third-order valence-electron chi connectivity index (χ3n) is 2.80. The summed E-state index contributed by atoms with van der Waals surface area (Å²) in [6.07, 6.45) is 2.40. The molecule has 0 atom stereocenters. The molecule has 1 aliphatic rings. The summed E-state index contributed by atoms with van der Waals surface area (Å²) in [6.45, 7) is 4.15. The molecule has 0 unspecified atom stereocenters. The van der Waals surface area contributed by atoms with E-state index >= 15 is 0 Å². The zero-order chi connectivity index (χ0) is 12.3. The van der Waals surface area contributed by atoms with E-state index in [1.54, 1.807) is 0 Å². The van der Waals surface area contributed by atoms with Crippen LogP contribution in [0.2, 0.25) is 5.15 Å². The van der Waals surface area contributed by atoms with Crippen LogP contribution in [0, 0.1) is 0 Å². The zero-order valence-electron chi connectivity index (χ0n) is 10.2. The molecule has 1 aromatic rings. The van der Waals surface area contributed by atoms with Gasteiger partial charge in [-0.3, -0.25) is 0 Å². The van der Waals surface area contributed by atoms with Gasteiger partial charge in [0.1, 0.15) is 16.8 Å². The van der Waals surface area contributed by atoms with Crippen LogP contribution >= 0.6 is 23.4 Å². The molecule has 2 rings (SSSR count). The van der Waals surface area contributed by atoms with Crippen molar-refractivity contribution in [2.75, 3.05) is 16.8 Å². The first-order valence-electron chi connectivity index (χ1n) is 6.04. The van der Waals surface area contributed by atoms with E-state index in [-0.39, 0.29) is 0 Å². The summed E-state index contributed by atoms with van der Waals surface area (Å²) in [5.41, 5.74) is 0. The quantitative estimate of drug-likeness (QED) is 0.853. The summed E-state index contributed by atoms with van der Waals surface area (Å²) in [6, 6.07) is 2.34. The van der Waals surface area contributed by atoms with Gasteiger partial charge in [0.25, 0.3) is 0 Å². The molecule has 1 aromatic heterocycles. The van der Waals surface area contributed by atoms with Crippen molar-refractivity contribution in [1.29, 1.82) is 0 Å². The fourth-order valence-electron chi connectivity index (χ4n) is 1.82. The van der Waals surface area contributed by atoms with Crippen LogP contribution in [0.25, 0.3) is 0 Å². The normalized spacial score (nSPS) is 17.4. The second-order valence-electron chi connectivity index (χ2n) is 4.62. The Balaban J connectivity index is 2.09. The van der Waals surface area contributed by atoms with Crippen molar-refractivity contribution in [2.45, 2.75) is 38.6 Å². The van der Waals surface area contributed by atoms with Crippen molar-refractivity contribution >= 4 is 29.2 Å². The van der Waals surface area contributed by atoms with Crippen LogP contribution in [-0.2, 0) is 0 Å². The molecule has 17 heavy (non-hydrogen) atoms. The van der Waals surface area contributed by atoms with Gasteiger partial charge < -0.3 is 5.32 Å². The molecule has 5 heteroatoms. The second kappa shape index (κ2) is 5.91. The van der Waals surface area contributed by atoms with Crippen molar-refractivity contribution in [2.24, 2.45) is 0 Å². The molecule has 1 N–H and O–H groups in total. The van der Waals surface area contributed by atoms with Gasteiger partial charge in [0.05, 0.1) is 0 Å². The maximum Gasteiger partial charge on any atom is 0.135 e. The number of hydrogen-bond donors (Lipinski definition) is 1. The molecule has 1 aliphatic heterocycles. The Morgan fingerprint density at radius 3 is 2.71 bits per heavy atom. The lowest BCUT2D eigenvalue weighted by Gasteiger charge is -2.23. The number of aromatic nitrogens is 2. The molecular formula is C12H18ClN3S. The molecule has 1 fully saturated rings. The molecular weight excluding hydrogens is 254 g/mol. The van der Waals surface area contributed by atoms with Crippen LogP contribution in [0.15, 0.2) is 6.07 Å². The van der Waals surface area contributed by atoms with Crippen LogP contribution in [-0.4, -0.2) is 27.5 Å². The first-order valence-corrected chi connectivity index (χ1v) is 7.57. The Labute approximate surface area is 112 Å². The third-order valence-corrected chi connectivity index (χ3v) is 4.04. The van der Waals surface area contributed by atoms with E-state index in [0.717, 1.165) is 11.6 Å². The molecule has 94 valence electrons. The minimum atomic E-state index is 0.302. The minimum Gasteiger partial charge on any atom is -0.367 e. The maximum atomic E-state index is 6.02. The summed E-state index contributed by atoms with van der Waals surface area (Å²) in [7, 11) is 0. The Morgan fingerprint density at radius 2 is 2.06 bits per heavy atom. The van der Waals surface area contributed by atoms with Crippen LogP contribution in [0.4, 0.5) is 5.82 Å². The molecule has 0 amide bonds. The van der Waals surface area contributed by atoms with Crippen LogP contribution in [0.1, 0.15) is 38.4 Å². The number of anilines is 1. The highest BCUT2D eigenvalue weighted by Crippen LogP contribution is 2.22. The molecule has 0 radical (unpaired) electrons. The topological polar surface area (TPSA) is 37.8 Å². The molecule has 3 nitrogen and oxygen atoms in total. The van der Waals surface area contributed by atoms with Gasteiger partial charge in [-0.1, -0.05) is 25.4 Å². The largest absolute Gasteiger partial charge is 0.367 e.